The summed E-state index contributed by atoms with van der Waals surface area (Å²) in [5.74, 6) is -0.938. The summed E-state index contributed by atoms with van der Waals surface area (Å²) >= 11 is 0. The molecule has 6 heterocycles. The number of hydrogen-bond acceptors (Lipinski definition) is 16. The number of ether oxygens (including phenoxy) is 1. The monoisotopic (exact) mass is 656 g/mol. The first-order valence-electron chi connectivity index (χ1n) is 13.2. The van der Waals surface area contributed by atoms with Crippen LogP contribution in [0.4, 0.5) is 11.8 Å². The molecule has 1 aliphatic carbocycles. The van der Waals surface area contributed by atoms with E-state index in [0.717, 1.165) is 0 Å². The van der Waals surface area contributed by atoms with E-state index < -0.39 is 77.0 Å². The molecule has 3 fully saturated rings. The van der Waals surface area contributed by atoms with Crippen molar-refractivity contribution in [2.24, 2.45) is 5.92 Å². The lowest BCUT2D eigenvalue weighted by Gasteiger charge is -2.28. The summed E-state index contributed by atoms with van der Waals surface area (Å²) in [5.41, 5.74) is 11.6. The fourth-order valence-corrected chi connectivity index (χ4v) is 7.82. The molecule has 3 aliphatic rings. The summed E-state index contributed by atoms with van der Waals surface area (Å²) in [6.07, 6.45) is -2.31. The van der Waals surface area contributed by atoms with Crippen molar-refractivity contribution in [1.29, 1.82) is 0 Å². The van der Waals surface area contributed by atoms with Crippen molar-refractivity contribution in [3.05, 3.63) is 29.3 Å². The molecule has 0 spiro atoms. The van der Waals surface area contributed by atoms with Gasteiger partial charge in [-0.3, -0.25) is 32.4 Å². The Bertz CT molecular complexity index is 1900. The highest BCUT2D eigenvalue weighted by atomic mass is 31.2. The number of aliphatic hydroxyl groups excluding tert-OH is 1. The molecule has 2 saturated heterocycles. The minimum absolute atomic E-state index is 0.0294. The number of aromatic nitrogens is 8. The Morgan fingerprint density at radius 1 is 0.909 bits per heavy atom. The van der Waals surface area contributed by atoms with Gasteiger partial charge in [-0.25, -0.2) is 29.1 Å². The van der Waals surface area contributed by atoms with Crippen LogP contribution in [0.5, 0.6) is 0 Å². The molecule has 9 atom stereocenters. The van der Waals surface area contributed by atoms with Crippen molar-refractivity contribution in [1.82, 2.24) is 39.0 Å². The quantitative estimate of drug-likeness (QED) is 0.146. The maximum atomic E-state index is 13.1. The Balaban J connectivity index is 1.15. The van der Waals surface area contributed by atoms with E-state index in [9.17, 15) is 28.8 Å². The molecule has 4 aromatic heterocycles. The van der Waals surface area contributed by atoms with Gasteiger partial charge < -0.3 is 35.7 Å². The van der Waals surface area contributed by atoms with Crippen LogP contribution in [0.2, 0.25) is 0 Å². The topological polar surface area (TPSA) is 300 Å². The smallest absolute Gasteiger partial charge is 0.388 e. The summed E-state index contributed by atoms with van der Waals surface area (Å²) in [6.45, 7) is -1.13. The van der Waals surface area contributed by atoms with Crippen molar-refractivity contribution >= 4 is 49.7 Å². The zero-order valence-electron chi connectivity index (χ0n) is 22.4. The number of H-pyrrole nitrogens is 1. The van der Waals surface area contributed by atoms with Crippen LogP contribution in [0.1, 0.15) is 25.1 Å². The minimum Gasteiger partial charge on any atom is -0.388 e. The van der Waals surface area contributed by atoms with E-state index in [1.807, 2.05) is 0 Å². The number of hydrogen-bond donors (Lipinski definition) is 6. The number of nitrogens with two attached hydrogens (primary N) is 2. The van der Waals surface area contributed by atoms with Crippen molar-refractivity contribution in [3.8, 4) is 0 Å². The highest BCUT2D eigenvalue weighted by Gasteiger charge is 2.51. The maximum absolute atomic E-state index is 13.1. The highest BCUT2D eigenvalue weighted by Crippen LogP contribution is 2.55. The Kier molecular flexibility index (Phi) is 7.09. The van der Waals surface area contributed by atoms with Gasteiger partial charge in [0, 0.05) is 12.3 Å². The van der Waals surface area contributed by atoms with Crippen LogP contribution in [0.3, 0.4) is 0 Å². The third-order valence-corrected chi connectivity index (χ3v) is 9.80. The molecule has 1 saturated carbocycles. The molecule has 4 aromatic rings. The molecule has 7 rings (SSSR count). The molecular weight excluding hydrogens is 630 g/mol. The van der Waals surface area contributed by atoms with Gasteiger partial charge in [0.05, 0.1) is 31.9 Å². The lowest BCUT2D eigenvalue weighted by Crippen LogP contribution is -2.34. The van der Waals surface area contributed by atoms with Crippen molar-refractivity contribution in [2.45, 2.75) is 49.5 Å². The first kappa shape index (κ1) is 29.4. The van der Waals surface area contributed by atoms with E-state index >= 15 is 0 Å². The number of phosphoric acid groups is 2. The molecule has 236 valence electrons. The predicted octanol–water partition coefficient (Wildman–Crippen LogP) is -0.649. The molecule has 0 bridgehead atoms. The molecule has 44 heavy (non-hydrogen) atoms. The summed E-state index contributed by atoms with van der Waals surface area (Å²) in [7, 11) is -9.64. The van der Waals surface area contributed by atoms with E-state index in [4.69, 9.17) is 34.3 Å². The van der Waals surface area contributed by atoms with Gasteiger partial charge in [-0.05, 0) is 6.42 Å². The van der Waals surface area contributed by atoms with Gasteiger partial charge in [-0.15, -0.1) is 0 Å². The number of imidazole rings is 2. The fraction of sp³-hybridized carbons (Fsp3) is 0.524. The molecule has 0 radical (unpaired) electrons. The minimum atomic E-state index is -4.87. The Morgan fingerprint density at radius 2 is 1.64 bits per heavy atom. The normalized spacial score (nSPS) is 36.6. The average Bonchev–Trinajstić information content (AvgIpc) is 3.72. The second-order valence-corrected chi connectivity index (χ2v) is 13.3. The second-order valence-electron chi connectivity index (χ2n) is 10.5. The number of aliphatic hydroxyl groups is 1. The second kappa shape index (κ2) is 10.6. The zero-order chi connectivity index (χ0) is 31.0. The fourth-order valence-electron chi connectivity index (χ4n) is 5.81. The molecular formula is C21H26N10O11P2. The number of nitrogens with one attached hydrogen (secondary N) is 1. The lowest BCUT2D eigenvalue weighted by molar-refractivity contribution is -0.0585. The number of nitrogens with zero attached hydrogens (tertiary/aromatic N) is 7. The van der Waals surface area contributed by atoms with Crippen LogP contribution >= 0.6 is 15.6 Å². The zero-order valence-corrected chi connectivity index (χ0v) is 24.2. The van der Waals surface area contributed by atoms with Gasteiger partial charge in [-0.1, -0.05) is 0 Å². The van der Waals surface area contributed by atoms with Crippen molar-refractivity contribution in [2.75, 3.05) is 24.7 Å². The summed E-state index contributed by atoms with van der Waals surface area (Å²) < 4.78 is 56.4. The SMILES string of the molecule is Nc1nc2c(ncn2[C@H]2CC3OP(=O)(O)OC[C@H]4C[C@@H](n5cnc6c(N)ncnc65)C(O)C4OP(=O)(O)OC[C@H]3O2)c(=O)[nH]1. The lowest BCUT2D eigenvalue weighted by atomic mass is 10.1. The number of nitrogen functional groups attached to an aromatic ring is 2. The van der Waals surface area contributed by atoms with E-state index in [0.29, 0.717) is 5.65 Å². The highest BCUT2D eigenvalue weighted by molar-refractivity contribution is 7.47. The van der Waals surface area contributed by atoms with Crippen LogP contribution in [0, 0.1) is 5.92 Å². The van der Waals surface area contributed by atoms with Crippen LogP contribution < -0.4 is 17.0 Å². The van der Waals surface area contributed by atoms with Crippen LogP contribution in [-0.4, -0.2) is 91.6 Å². The van der Waals surface area contributed by atoms with E-state index in [1.165, 1.54) is 28.1 Å². The average molecular weight is 656 g/mol. The summed E-state index contributed by atoms with van der Waals surface area (Å²) in [5, 5.41) is 11.2. The van der Waals surface area contributed by atoms with E-state index in [2.05, 4.69) is 29.9 Å². The number of aromatic amines is 1. The van der Waals surface area contributed by atoms with Gasteiger partial charge in [0.25, 0.3) is 5.56 Å². The Morgan fingerprint density at radius 3 is 2.45 bits per heavy atom. The molecule has 23 heteroatoms. The van der Waals surface area contributed by atoms with Gasteiger partial charge in [0.1, 0.15) is 42.5 Å². The Labute approximate surface area is 245 Å². The molecule has 0 amide bonds. The van der Waals surface area contributed by atoms with Crippen LogP contribution in [-0.2, 0) is 32.0 Å². The standard InChI is InChI=1S/C21H26N10O11P2/c22-17-13-18(25-5-24-17)30(6-26-13)9-1-8-3-38-43(34,35)41-10-2-12(31-7-27-14-19(31)28-21(23)29-20(14)33)40-11(10)4-39-44(36,37)42-16(8)15(9)32/h5-12,15-16,32H,1-4H2,(H,34,35)(H,36,37)(H2,22,24,25)(H3,23,28,29,33)/t8-,9-,10?,11-,12-,15?,16?/m1/s1. The number of phosphoric ester groups is 2. The predicted molar refractivity (Wildman–Crippen MR) is 145 cm³/mol. The summed E-state index contributed by atoms with van der Waals surface area (Å²) in [6, 6.07) is -0.805. The van der Waals surface area contributed by atoms with E-state index in [1.54, 1.807) is 0 Å². The molecule has 2 aliphatic heterocycles. The number of rotatable bonds is 2. The number of fused-ring (bicyclic) bond motifs is 4. The van der Waals surface area contributed by atoms with Crippen molar-refractivity contribution < 1.29 is 46.9 Å². The van der Waals surface area contributed by atoms with Crippen LogP contribution in [0.15, 0.2) is 23.8 Å². The Hall–Kier alpha value is -3.36. The first-order chi connectivity index (χ1) is 20.9. The molecule has 0 aromatic carbocycles. The summed E-state index contributed by atoms with van der Waals surface area (Å²) in [4.78, 5) is 56.2. The van der Waals surface area contributed by atoms with E-state index in [-0.39, 0.29) is 41.3 Å². The molecule has 5 unspecified atom stereocenters. The van der Waals surface area contributed by atoms with Gasteiger partial charge in [0.15, 0.2) is 22.6 Å². The third-order valence-electron chi connectivity index (χ3n) is 7.80. The number of anilines is 2. The third kappa shape index (κ3) is 5.20. The largest absolute Gasteiger partial charge is 0.472 e. The van der Waals surface area contributed by atoms with Gasteiger partial charge >= 0.3 is 15.6 Å². The van der Waals surface area contributed by atoms with Gasteiger partial charge in [-0.2, -0.15) is 4.98 Å². The van der Waals surface area contributed by atoms with Crippen LogP contribution in [0.25, 0.3) is 22.3 Å². The molecule has 21 nitrogen and oxygen atoms in total. The first-order valence-corrected chi connectivity index (χ1v) is 16.2. The maximum Gasteiger partial charge on any atom is 0.472 e. The van der Waals surface area contributed by atoms with Crippen molar-refractivity contribution in [3.63, 3.8) is 0 Å². The molecule has 8 N–H and O–H groups in total. The van der Waals surface area contributed by atoms with Gasteiger partial charge in [0.2, 0.25) is 5.95 Å².